The Morgan fingerprint density at radius 2 is 1.27 bits per heavy atom. The molecule has 0 aliphatic carbocycles. The second kappa shape index (κ2) is 11.4. The number of nitrogens with one attached hydrogen (secondary N) is 1. The second-order valence-corrected chi connectivity index (χ2v) is 8.10. The van der Waals surface area contributed by atoms with Crippen molar-refractivity contribution in [3.8, 4) is 0 Å². The zero-order valence-electron chi connectivity index (χ0n) is 17.4. The maximum atomic E-state index is 12.6. The van der Waals surface area contributed by atoms with E-state index in [1.54, 1.807) is 0 Å². The first-order valence-electron chi connectivity index (χ1n) is 8.72. The molecule has 1 rings (SSSR count). The number of hydrogen-bond donors (Lipinski definition) is 1. The molecule has 1 fully saturated rings. The summed E-state index contributed by atoms with van der Waals surface area (Å²) >= 11 is 0. The van der Waals surface area contributed by atoms with Gasteiger partial charge in [-0.1, -0.05) is 0 Å². The van der Waals surface area contributed by atoms with Gasteiger partial charge in [0.05, 0.1) is 0 Å². The molecule has 30 heavy (non-hydrogen) atoms. The minimum atomic E-state index is -3.93. The lowest BCUT2D eigenvalue weighted by atomic mass is 9.97. The Labute approximate surface area is 173 Å². The summed E-state index contributed by atoms with van der Waals surface area (Å²) in [5.74, 6) is -3.00. The van der Waals surface area contributed by atoms with Gasteiger partial charge in [-0.2, -0.15) is 5.09 Å². The highest BCUT2D eigenvalue weighted by molar-refractivity contribution is 7.51. The minimum absolute atomic E-state index is 0.416. The van der Waals surface area contributed by atoms with E-state index in [2.05, 4.69) is 5.09 Å². The van der Waals surface area contributed by atoms with Crippen LogP contribution in [0.2, 0.25) is 0 Å². The Balaban J connectivity index is 3.41. The number of rotatable bonds is 9. The van der Waals surface area contributed by atoms with Crippen LogP contribution in [0.25, 0.3) is 0 Å². The zero-order chi connectivity index (χ0) is 23.1. The molecular weight excluding hydrogens is 429 g/mol. The average molecular weight is 455 g/mol. The van der Waals surface area contributed by atoms with E-state index in [-0.39, 0.29) is 0 Å². The summed E-state index contributed by atoms with van der Waals surface area (Å²) in [5, 5.41) is 2.42. The van der Waals surface area contributed by atoms with Crippen LogP contribution in [-0.2, 0) is 56.5 Å². The van der Waals surface area contributed by atoms with Crippen molar-refractivity contribution in [2.45, 2.75) is 58.3 Å². The van der Waals surface area contributed by atoms with E-state index in [0.717, 1.165) is 41.9 Å². The fourth-order valence-electron chi connectivity index (χ4n) is 2.67. The summed E-state index contributed by atoms with van der Waals surface area (Å²) in [7, 11) is -1.73. The molecule has 0 unspecified atom stereocenters. The highest BCUT2D eigenvalue weighted by Gasteiger charge is 2.53. The molecule has 0 saturated carbocycles. The number of carbonyl (C=O) groups excluding carboxylic acids is 4. The van der Waals surface area contributed by atoms with Crippen LogP contribution < -0.4 is 5.09 Å². The van der Waals surface area contributed by atoms with Crippen LogP contribution in [-0.4, -0.2) is 75.3 Å². The van der Waals surface area contributed by atoms with Crippen molar-refractivity contribution in [1.82, 2.24) is 5.09 Å². The Kier molecular flexibility index (Phi) is 9.85. The van der Waals surface area contributed by atoms with Gasteiger partial charge < -0.3 is 32.7 Å². The third kappa shape index (κ3) is 7.65. The van der Waals surface area contributed by atoms with Gasteiger partial charge in [0.25, 0.3) is 0 Å². The second-order valence-electron chi connectivity index (χ2n) is 6.11. The van der Waals surface area contributed by atoms with Crippen molar-refractivity contribution < 1.29 is 56.5 Å². The fraction of sp³-hybridized carbons (Fsp3) is 0.750. The molecule has 14 heteroatoms. The van der Waals surface area contributed by atoms with Gasteiger partial charge in [0, 0.05) is 41.9 Å². The van der Waals surface area contributed by atoms with Gasteiger partial charge >= 0.3 is 31.6 Å². The predicted molar refractivity (Wildman–Crippen MR) is 96.7 cm³/mol. The van der Waals surface area contributed by atoms with Crippen LogP contribution in [0.1, 0.15) is 27.7 Å². The average Bonchev–Trinajstić information content (AvgIpc) is 2.63. The fourth-order valence-corrected chi connectivity index (χ4v) is 3.55. The highest BCUT2D eigenvalue weighted by Crippen LogP contribution is 2.44. The van der Waals surface area contributed by atoms with Gasteiger partial charge in [-0.15, -0.1) is 0 Å². The first kappa shape index (κ1) is 26.0. The molecule has 0 aromatic rings. The molecule has 0 aromatic heterocycles. The molecule has 0 aromatic carbocycles. The van der Waals surface area contributed by atoms with Crippen LogP contribution in [0.5, 0.6) is 0 Å². The monoisotopic (exact) mass is 455 g/mol. The van der Waals surface area contributed by atoms with Crippen molar-refractivity contribution >= 4 is 31.6 Å². The van der Waals surface area contributed by atoms with Crippen LogP contribution in [0.4, 0.5) is 0 Å². The molecule has 5 atom stereocenters. The summed E-state index contributed by atoms with van der Waals surface area (Å²) < 4.78 is 48.5. The molecule has 0 spiro atoms. The van der Waals surface area contributed by atoms with Gasteiger partial charge in [-0.3, -0.25) is 19.2 Å². The van der Waals surface area contributed by atoms with E-state index in [1.165, 1.54) is 0 Å². The lowest BCUT2D eigenvalue weighted by Crippen LogP contribution is -2.65. The topological polar surface area (TPSA) is 162 Å². The van der Waals surface area contributed by atoms with Crippen LogP contribution in [0.3, 0.4) is 0 Å². The number of esters is 4. The smallest absolute Gasteiger partial charge is 0.407 e. The molecule has 1 aliphatic heterocycles. The van der Waals surface area contributed by atoms with E-state index >= 15 is 0 Å². The van der Waals surface area contributed by atoms with Crippen LogP contribution in [0, 0.1) is 0 Å². The largest absolute Gasteiger partial charge is 0.463 e. The Hall–Kier alpha value is -2.05. The standard InChI is InChI=1S/C16H26NO12P/c1-8(18)25-7-12-13(26-9(2)19)14(27-10(3)20)15(28-11(4)21)16(29-12)17-30(22,23-5)24-6/h12-16H,7H2,1-6H3,(H,17,22)/t12-,13-,14+,15-,16-/m1/s1. The SMILES string of the molecule is COP(=O)(N[C@@H]1O[C@H](COC(C)=O)[C@@H](OC(C)=O)[C@H](OC(C)=O)[C@H]1OC(C)=O)OC. The Bertz CT molecular complexity index is 690. The summed E-state index contributed by atoms with van der Waals surface area (Å²) in [5.41, 5.74) is 0. The summed E-state index contributed by atoms with van der Waals surface area (Å²) in [6.07, 6.45) is -6.75. The van der Waals surface area contributed by atoms with Crippen molar-refractivity contribution in [2.24, 2.45) is 0 Å². The molecule has 1 aliphatic rings. The molecule has 1 heterocycles. The van der Waals surface area contributed by atoms with E-state index in [0.29, 0.717) is 0 Å². The van der Waals surface area contributed by atoms with E-state index in [9.17, 15) is 23.7 Å². The van der Waals surface area contributed by atoms with Gasteiger partial charge in [-0.25, -0.2) is 4.57 Å². The lowest BCUT2D eigenvalue weighted by molar-refractivity contribution is -0.255. The Morgan fingerprint density at radius 1 is 0.800 bits per heavy atom. The summed E-state index contributed by atoms with van der Waals surface area (Å²) in [6, 6.07) is 0. The first-order chi connectivity index (χ1) is 13.9. The summed E-state index contributed by atoms with van der Waals surface area (Å²) in [4.78, 5) is 46.2. The normalized spacial score (nSPS) is 26.4. The molecule has 172 valence electrons. The maximum absolute atomic E-state index is 12.6. The van der Waals surface area contributed by atoms with E-state index < -0.39 is 68.9 Å². The molecule has 0 bridgehead atoms. The third-order valence-electron chi connectivity index (χ3n) is 3.76. The molecule has 1 saturated heterocycles. The van der Waals surface area contributed by atoms with Crippen molar-refractivity contribution in [2.75, 3.05) is 20.8 Å². The number of ether oxygens (including phenoxy) is 5. The van der Waals surface area contributed by atoms with Crippen molar-refractivity contribution in [3.63, 3.8) is 0 Å². The van der Waals surface area contributed by atoms with E-state index in [1.807, 2.05) is 0 Å². The lowest BCUT2D eigenvalue weighted by Gasteiger charge is -2.44. The van der Waals surface area contributed by atoms with Crippen molar-refractivity contribution in [1.29, 1.82) is 0 Å². The maximum Gasteiger partial charge on any atom is 0.407 e. The molecular formula is C16H26NO12P. The quantitative estimate of drug-likeness (QED) is 0.282. The molecule has 0 radical (unpaired) electrons. The first-order valence-corrected chi connectivity index (χ1v) is 10.3. The van der Waals surface area contributed by atoms with Gasteiger partial charge in [0.1, 0.15) is 12.7 Å². The Morgan fingerprint density at radius 3 is 1.70 bits per heavy atom. The zero-order valence-corrected chi connectivity index (χ0v) is 18.3. The van der Waals surface area contributed by atoms with Crippen LogP contribution >= 0.6 is 7.75 Å². The van der Waals surface area contributed by atoms with Gasteiger partial charge in [0.15, 0.2) is 24.5 Å². The van der Waals surface area contributed by atoms with E-state index in [4.69, 9.17) is 32.7 Å². The van der Waals surface area contributed by atoms with Gasteiger partial charge in [-0.05, 0) is 0 Å². The van der Waals surface area contributed by atoms with Crippen LogP contribution in [0.15, 0.2) is 0 Å². The molecule has 13 nitrogen and oxygen atoms in total. The highest BCUT2D eigenvalue weighted by atomic mass is 31.2. The predicted octanol–water partition coefficient (Wildman–Crippen LogP) is 0.0600. The minimum Gasteiger partial charge on any atom is -0.463 e. The third-order valence-corrected chi connectivity index (χ3v) is 5.29. The number of carbonyl (C=O) groups is 4. The number of hydrogen-bond acceptors (Lipinski definition) is 12. The molecule has 0 amide bonds. The van der Waals surface area contributed by atoms with Gasteiger partial charge in [0.2, 0.25) is 0 Å². The molecule has 1 N–H and O–H groups in total. The van der Waals surface area contributed by atoms with Crippen molar-refractivity contribution in [3.05, 3.63) is 0 Å². The summed E-state index contributed by atoms with van der Waals surface area (Å²) in [6.45, 7) is 4.00.